The average molecular weight is 246 g/mol. The number of benzene rings is 1. The summed E-state index contributed by atoms with van der Waals surface area (Å²) in [7, 11) is 0. The van der Waals surface area contributed by atoms with Gasteiger partial charge in [-0.05, 0) is 44.2 Å². The number of nitrogens with one attached hydrogen (secondary N) is 1. The molecule has 0 radical (unpaired) electrons. The molecule has 0 bridgehead atoms. The molecule has 0 unspecified atom stereocenters. The fourth-order valence-corrected chi connectivity index (χ4v) is 1.53. The van der Waals surface area contributed by atoms with E-state index in [2.05, 4.69) is 76.3 Å². The third-order valence-electron chi connectivity index (χ3n) is 2.73. The molecule has 0 aromatic heterocycles. The first kappa shape index (κ1) is 14.7. The third-order valence-corrected chi connectivity index (χ3v) is 2.73. The van der Waals surface area contributed by atoms with E-state index in [4.69, 9.17) is 0 Å². The monoisotopic (exact) mass is 246 g/mol. The maximum absolute atomic E-state index is 4.42. The zero-order chi connectivity index (χ0) is 14.0. The van der Waals surface area contributed by atoms with Gasteiger partial charge in [0.05, 0.1) is 5.71 Å². The van der Waals surface area contributed by atoms with Gasteiger partial charge in [-0.1, -0.05) is 45.0 Å². The predicted octanol–water partition coefficient (Wildman–Crippen LogP) is 4.10. The van der Waals surface area contributed by atoms with E-state index >= 15 is 0 Å². The summed E-state index contributed by atoms with van der Waals surface area (Å²) in [6, 6.07) is 8.66. The highest BCUT2D eigenvalue weighted by molar-refractivity contribution is 5.98. The van der Waals surface area contributed by atoms with Gasteiger partial charge in [0.15, 0.2) is 0 Å². The van der Waals surface area contributed by atoms with Crippen LogP contribution >= 0.6 is 0 Å². The number of hydrazone groups is 1. The van der Waals surface area contributed by atoms with Crippen LogP contribution in [-0.4, -0.2) is 11.3 Å². The SMILES string of the molecule is C/C(=N\NC(C)(C)C)c1ccc(C(C)(C)C)cc1. The van der Waals surface area contributed by atoms with Gasteiger partial charge in [0, 0.05) is 5.54 Å². The molecule has 0 fully saturated rings. The number of hydrogen-bond donors (Lipinski definition) is 1. The fourth-order valence-electron chi connectivity index (χ4n) is 1.53. The van der Waals surface area contributed by atoms with Crippen LogP contribution in [0.2, 0.25) is 0 Å². The molecule has 0 spiro atoms. The molecule has 0 aliphatic carbocycles. The molecule has 1 rings (SSSR count). The van der Waals surface area contributed by atoms with Gasteiger partial charge in [0.25, 0.3) is 0 Å². The lowest BCUT2D eigenvalue weighted by Crippen LogP contribution is -2.32. The summed E-state index contributed by atoms with van der Waals surface area (Å²) in [5.41, 5.74) is 6.90. The molecule has 1 N–H and O–H groups in total. The molecule has 0 aliphatic rings. The minimum absolute atomic E-state index is 0.00656. The second kappa shape index (κ2) is 5.13. The summed E-state index contributed by atoms with van der Waals surface area (Å²) in [4.78, 5) is 0. The van der Waals surface area contributed by atoms with Crippen molar-refractivity contribution in [3.8, 4) is 0 Å². The second-order valence-corrected chi connectivity index (χ2v) is 6.89. The smallest absolute Gasteiger partial charge is 0.0644 e. The van der Waals surface area contributed by atoms with Crippen LogP contribution < -0.4 is 5.43 Å². The molecule has 0 atom stereocenters. The third kappa shape index (κ3) is 4.52. The zero-order valence-electron chi connectivity index (χ0n) is 12.8. The van der Waals surface area contributed by atoms with Crippen molar-refractivity contribution in [2.75, 3.05) is 0 Å². The van der Waals surface area contributed by atoms with E-state index in [-0.39, 0.29) is 11.0 Å². The molecular formula is C16H26N2. The minimum Gasteiger partial charge on any atom is -0.305 e. The molecule has 100 valence electrons. The van der Waals surface area contributed by atoms with Crippen molar-refractivity contribution in [1.29, 1.82) is 0 Å². The van der Waals surface area contributed by atoms with E-state index in [9.17, 15) is 0 Å². The largest absolute Gasteiger partial charge is 0.305 e. The maximum Gasteiger partial charge on any atom is 0.0644 e. The first-order valence-corrected chi connectivity index (χ1v) is 6.52. The molecule has 0 amide bonds. The van der Waals surface area contributed by atoms with Crippen molar-refractivity contribution in [2.24, 2.45) is 5.10 Å². The van der Waals surface area contributed by atoms with Crippen LogP contribution in [-0.2, 0) is 5.41 Å². The van der Waals surface area contributed by atoms with E-state index in [0.717, 1.165) is 5.71 Å². The Morgan fingerprint density at radius 2 is 1.44 bits per heavy atom. The highest BCUT2D eigenvalue weighted by Crippen LogP contribution is 2.22. The Kier molecular flexibility index (Phi) is 4.20. The van der Waals surface area contributed by atoms with Crippen molar-refractivity contribution in [3.63, 3.8) is 0 Å². The van der Waals surface area contributed by atoms with Crippen molar-refractivity contribution < 1.29 is 0 Å². The van der Waals surface area contributed by atoms with E-state index in [1.807, 2.05) is 6.92 Å². The quantitative estimate of drug-likeness (QED) is 0.616. The van der Waals surface area contributed by atoms with Gasteiger partial charge >= 0.3 is 0 Å². The topological polar surface area (TPSA) is 24.4 Å². The molecule has 0 saturated carbocycles. The first-order chi connectivity index (χ1) is 8.09. The minimum atomic E-state index is 0.00656. The Morgan fingerprint density at radius 3 is 1.83 bits per heavy atom. The Bertz CT molecular complexity index is 414. The molecule has 0 aliphatic heterocycles. The van der Waals surface area contributed by atoms with Crippen molar-refractivity contribution in [1.82, 2.24) is 5.43 Å². The Labute approximate surface area is 111 Å². The molecule has 0 saturated heterocycles. The summed E-state index contributed by atoms with van der Waals surface area (Å²) in [5, 5.41) is 4.42. The fraction of sp³-hybridized carbons (Fsp3) is 0.562. The normalized spacial score (nSPS) is 13.6. The number of rotatable bonds is 2. The summed E-state index contributed by atoms with van der Waals surface area (Å²) < 4.78 is 0. The molecular weight excluding hydrogens is 220 g/mol. The number of hydrogen-bond acceptors (Lipinski definition) is 2. The first-order valence-electron chi connectivity index (χ1n) is 6.52. The van der Waals surface area contributed by atoms with Gasteiger partial charge in [0.1, 0.15) is 0 Å². The molecule has 1 aromatic rings. The molecule has 1 aromatic carbocycles. The highest BCUT2D eigenvalue weighted by Gasteiger charge is 2.13. The lowest BCUT2D eigenvalue weighted by molar-refractivity contribution is 0.441. The summed E-state index contributed by atoms with van der Waals surface area (Å²) in [6.45, 7) is 15.0. The lowest BCUT2D eigenvalue weighted by atomic mass is 9.86. The summed E-state index contributed by atoms with van der Waals surface area (Å²) in [5.74, 6) is 0. The van der Waals surface area contributed by atoms with Crippen molar-refractivity contribution in [2.45, 2.75) is 59.4 Å². The number of nitrogens with zero attached hydrogens (tertiary/aromatic N) is 1. The standard InChI is InChI=1S/C16H26N2/c1-12(17-18-16(5,6)7)13-8-10-14(11-9-13)15(2,3)4/h8-11,18H,1-7H3/b17-12+. The molecule has 18 heavy (non-hydrogen) atoms. The summed E-state index contributed by atoms with van der Waals surface area (Å²) >= 11 is 0. The molecule has 2 heteroatoms. The van der Waals surface area contributed by atoms with Crippen LogP contribution in [0.1, 0.15) is 59.6 Å². The Morgan fingerprint density at radius 1 is 0.944 bits per heavy atom. The van der Waals surface area contributed by atoms with Gasteiger partial charge in [-0.3, -0.25) is 0 Å². The van der Waals surface area contributed by atoms with Crippen LogP contribution in [0, 0.1) is 0 Å². The van der Waals surface area contributed by atoms with Crippen LogP contribution in [0.4, 0.5) is 0 Å². The highest BCUT2D eigenvalue weighted by atomic mass is 15.3. The van der Waals surface area contributed by atoms with Gasteiger partial charge in [-0.25, -0.2) is 0 Å². The van der Waals surface area contributed by atoms with Gasteiger partial charge < -0.3 is 5.43 Å². The van der Waals surface area contributed by atoms with Crippen LogP contribution in [0.3, 0.4) is 0 Å². The second-order valence-electron chi connectivity index (χ2n) is 6.89. The lowest BCUT2D eigenvalue weighted by Gasteiger charge is -2.20. The average Bonchev–Trinajstić information content (AvgIpc) is 2.24. The van der Waals surface area contributed by atoms with E-state index in [0.29, 0.717) is 0 Å². The van der Waals surface area contributed by atoms with Crippen LogP contribution in [0.15, 0.2) is 29.4 Å². The van der Waals surface area contributed by atoms with E-state index in [1.165, 1.54) is 11.1 Å². The van der Waals surface area contributed by atoms with Gasteiger partial charge in [-0.2, -0.15) is 5.10 Å². The van der Waals surface area contributed by atoms with Gasteiger partial charge in [-0.15, -0.1) is 0 Å². The Hall–Kier alpha value is -1.31. The predicted molar refractivity (Wildman–Crippen MR) is 80.2 cm³/mol. The van der Waals surface area contributed by atoms with Crippen LogP contribution in [0.5, 0.6) is 0 Å². The molecule has 2 nitrogen and oxygen atoms in total. The Balaban J connectivity index is 2.86. The molecule has 0 heterocycles. The van der Waals surface area contributed by atoms with Gasteiger partial charge in [0.2, 0.25) is 0 Å². The van der Waals surface area contributed by atoms with Crippen LogP contribution in [0.25, 0.3) is 0 Å². The van der Waals surface area contributed by atoms with E-state index in [1.54, 1.807) is 0 Å². The summed E-state index contributed by atoms with van der Waals surface area (Å²) in [6.07, 6.45) is 0. The van der Waals surface area contributed by atoms with Crippen molar-refractivity contribution in [3.05, 3.63) is 35.4 Å². The maximum atomic E-state index is 4.42. The van der Waals surface area contributed by atoms with E-state index < -0.39 is 0 Å². The zero-order valence-corrected chi connectivity index (χ0v) is 12.8. The van der Waals surface area contributed by atoms with Crippen molar-refractivity contribution >= 4 is 5.71 Å².